The van der Waals surface area contributed by atoms with Gasteiger partial charge in [-0.3, -0.25) is 4.79 Å². The van der Waals surface area contributed by atoms with Crippen LogP contribution < -0.4 is 0 Å². The lowest BCUT2D eigenvalue weighted by molar-refractivity contribution is -0.179. The van der Waals surface area contributed by atoms with Gasteiger partial charge >= 0.3 is 11.9 Å². The Morgan fingerprint density at radius 1 is 1.35 bits per heavy atom. The minimum atomic E-state index is -0.526. The van der Waals surface area contributed by atoms with E-state index >= 15 is 0 Å². The predicted molar refractivity (Wildman–Crippen MR) is 58.1 cm³/mol. The molecule has 5 heteroatoms. The van der Waals surface area contributed by atoms with Gasteiger partial charge in [-0.1, -0.05) is 6.58 Å². The number of rotatable bonds is 2. The lowest BCUT2D eigenvalue weighted by Crippen LogP contribution is -2.49. The average Bonchev–Trinajstić information content (AvgIpc) is 2.49. The molecule has 0 N–H and O–H groups in total. The number of esters is 2. The van der Waals surface area contributed by atoms with Crippen molar-refractivity contribution in [3.05, 3.63) is 12.2 Å². The second-order valence-corrected chi connectivity index (χ2v) is 4.65. The molecule has 17 heavy (non-hydrogen) atoms. The predicted octanol–water partition coefficient (Wildman–Crippen LogP) is 0.823. The molecule has 2 aliphatic heterocycles. The third kappa shape index (κ3) is 1.95. The van der Waals surface area contributed by atoms with Gasteiger partial charge in [-0.15, -0.1) is 0 Å². The Morgan fingerprint density at radius 3 is 2.59 bits per heavy atom. The molecule has 2 aliphatic rings. The fraction of sp³-hybridized carbons (Fsp3) is 0.667. The summed E-state index contributed by atoms with van der Waals surface area (Å²) in [6, 6.07) is 0. The van der Waals surface area contributed by atoms with E-state index < -0.39 is 30.2 Å². The van der Waals surface area contributed by atoms with Gasteiger partial charge in [0.15, 0.2) is 12.2 Å². The van der Waals surface area contributed by atoms with Gasteiger partial charge < -0.3 is 14.2 Å². The Kier molecular flexibility index (Phi) is 2.95. The summed E-state index contributed by atoms with van der Waals surface area (Å²) in [5.74, 6) is -1.20. The summed E-state index contributed by atoms with van der Waals surface area (Å²) >= 11 is 0. The van der Waals surface area contributed by atoms with E-state index in [0.29, 0.717) is 5.57 Å². The molecule has 5 unspecified atom stereocenters. The van der Waals surface area contributed by atoms with Gasteiger partial charge in [0.25, 0.3) is 0 Å². The Bertz CT molecular complexity index is 375. The van der Waals surface area contributed by atoms with Crippen molar-refractivity contribution in [3.63, 3.8) is 0 Å². The van der Waals surface area contributed by atoms with E-state index in [-0.39, 0.29) is 12.1 Å². The zero-order chi connectivity index (χ0) is 12.7. The fourth-order valence-electron chi connectivity index (χ4n) is 2.16. The van der Waals surface area contributed by atoms with Crippen LogP contribution in [0.2, 0.25) is 0 Å². The topological polar surface area (TPSA) is 61.8 Å². The number of carbonyl (C=O) groups excluding carboxylic acids is 2. The molecule has 0 aromatic heterocycles. The van der Waals surface area contributed by atoms with Gasteiger partial charge in [-0.25, -0.2) is 4.79 Å². The molecule has 2 rings (SSSR count). The van der Waals surface area contributed by atoms with Crippen molar-refractivity contribution in [2.45, 2.75) is 45.2 Å². The first-order valence-electron chi connectivity index (χ1n) is 5.64. The van der Waals surface area contributed by atoms with Gasteiger partial charge in [-0.2, -0.15) is 0 Å². The van der Waals surface area contributed by atoms with E-state index in [1.165, 1.54) is 0 Å². The van der Waals surface area contributed by atoms with Crippen molar-refractivity contribution in [2.24, 2.45) is 5.92 Å². The third-order valence-electron chi connectivity index (χ3n) is 3.19. The summed E-state index contributed by atoms with van der Waals surface area (Å²) in [6.07, 6.45) is -1.70. The van der Waals surface area contributed by atoms with Crippen LogP contribution in [-0.4, -0.2) is 36.4 Å². The van der Waals surface area contributed by atoms with Crippen LogP contribution in [0.1, 0.15) is 20.8 Å². The number of fused-ring (bicyclic) bond motifs is 2. The Balaban J connectivity index is 2.16. The molecule has 0 aromatic carbocycles. The van der Waals surface area contributed by atoms with Crippen LogP contribution >= 0.6 is 0 Å². The van der Waals surface area contributed by atoms with Gasteiger partial charge in [0.1, 0.15) is 6.10 Å². The zero-order valence-electron chi connectivity index (χ0n) is 10.1. The SMILES string of the molecule is C=C(C)C(=O)OC1C2OC(=O)C(C)C1OC2C. The molecule has 0 spiro atoms. The molecule has 0 aliphatic carbocycles. The maximum absolute atomic E-state index is 11.5. The van der Waals surface area contributed by atoms with E-state index in [4.69, 9.17) is 14.2 Å². The standard InChI is InChI=1S/C12H16O5/c1-5(2)11(13)17-10-8-6(3)12(14)16-9(10)7(4)15-8/h6-10H,1H2,2-4H3. The van der Waals surface area contributed by atoms with Crippen molar-refractivity contribution in [1.82, 2.24) is 0 Å². The first kappa shape index (κ1) is 12.1. The minimum absolute atomic E-state index is 0.253. The molecule has 2 heterocycles. The average molecular weight is 240 g/mol. The van der Waals surface area contributed by atoms with E-state index in [2.05, 4.69) is 6.58 Å². The van der Waals surface area contributed by atoms with Crippen molar-refractivity contribution in [2.75, 3.05) is 0 Å². The summed E-state index contributed by atoms with van der Waals surface area (Å²) in [6.45, 7) is 8.61. The second-order valence-electron chi connectivity index (χ2n) is 4.65. The van der Waals surface area contributed by atoms with E-state index in [9.17, 15) is 9.59 Å². The van der Waals surface area contributed by atoms with Gasteiger partial charge in [0.2, 0.25) is 0 Å². The number of carbonyl (C=O) groups is 2. The minimum Gasteiger partial charge on any atom is -0.455 e. The lowest BCUT2D eigenvalue weighted by Gasteiger charge is -2.31. The summed E-state index contributed by atoms with van der Waals surface area (Å²) in [5, 5.41) is 0. The lowest BCUT2D eigenvalue weighted by atomic mass is 9.94. The van der Waals surface area contributed by atoms with Crippen LogP contribution in [0.25, 0.3) is 0 Å². The summed E-state index contributed by atoms with van der Waals surface area (Å²) in [4.78, 5) is 23.0. The molecular formula is C12H16O5. The number of hydrogen-bond donors (Lipinski definition) is 0. The van der Waals surface area contributed by atoms with E-state index in [1.54, 1.807) is 20.8 Å². The zero-order valence-corrected chi connectivity index (χ0v) is 10.1. The first-order valence-corrected chi connectivity index (χ1v) is 5.64. The maximum Gasteiger partial charge on any atom is 0.333 e. The van der Waals surface area contributed by atoms with E-state index in [1.807, 2.05) is 0 Å². The van der Waals surface area contributed by atoms with Crippen LogP contribution in [0.3, 0.4) is 0 Å². The molecule has 94 valence electrons. The first-order chi connectivity index (χ1) is 7.91. The summed E-state index contributed by atoms with van der Waals surface area (Å²) in [7, 11) is 0. The van der Waals surface area contributed by atoms with Gasteiger partial charge in [0, 0.05) is 5.57 Å². The van der Waals surface area contributed by atoms with Crippen LogP contribution in [0.4, 0.5) is 0 Å². The largest absolute Gasteiger partial charge is 0.455 e. The molecule has 5 atom stereocenters. The molecule has 2 fully saturated rings. The van der Waals surface area contributed by atoms with Gasteiger partial charge in [-0.05, 0) is 20.8 Å². The molecule has 2 saturated heterocycles. The molecular weight excluding hydrogens is 224 g/mol. The van der Waals surface area contributed by atoms with E-state index in [0.717, 1.165) is 0 Å². The molecule has 0 aromatic rings. The normalized spacial score (nSPS) is 39.7. The van der Waals surface area contributed by atoms with Crippen molar-refractivity contribution in [1.29, 1.82) is 0 Å². The van der Waals surface area contributed by atoms with Crippen LogP contribution in [0, 0.1) is 5.92 Å². The Morgan fingerprint density at radius 2 is 2.00 bits per heavy atom. The molecule has 2 bridgehead atoms. The Labute approximate surface area is 99.7 Å². The highest BCUT2D eigenvalue weighted by molar-refractivity contribution is 5.87. The van der Waals surface area contributed by atoms with Crippen molar-refractivity contribution >= 4 is 11.9 Å². The maximum atomic E-state index is 11.5. The molecule has 0 radical (unpaired) electrons. The quantitative estimate of drug-likeness (QED) is 0.528. The molecule has 0 amide bonds. The highest BCUT2D eigenvalue weighted by Crippen LogP contribution is 2.36. The number of ether oxygens (including phenoxy) is 3. The number of hydrogen-bond acceptors (Lipinski definition) is 5. The summed E-state index contributed by atoms with van der Waals surface area (Å²) in [5.41, 5.74) is 0.321. The third-order valence-corrected chi connectivity index (χ3v) is 3.19. The van der Waals surface area contributed by atoms with Crippen LogP contribution in [0.5, 0.6) is 0 Å². The molecule has 5 nitrogen and oxygen atoms in total. The van der Waals surface area contributed by atoms with Gasteiger partial charge in [0.05, 0.1) is 12.0 Å². The Hall–Kier alpha value is -1.36. The van der Waals surface area contributed by atoms with Crippen LogP contribution in [-0.2, 0) is 23.8 Å². The van der Waals surface area contributed by atoms with Crippen molar-refractivity contribution < 1.29 is 23.8 Å². The van der Waals surface area contributed by atoms with Crippen molar-refractivity contribution in [3.8, 4) is 0 Å². The van der Waals surface area contributed by atoms with Crippen LogP contribution in [0.15, 0.2) is 12.2 Å². The highest BCUT2D eigenvalue weighted by atomic mass is 16.6. The summed E-state index contributed by atoms with van der Waals surface area (Å²) < 4.78 is 16.1. The highest BCUT2D eigenvalue weighted by Gasteiger charge is 2.55. The molecule has 0 saturated carbocycles. The smallest absolute Gasteiger partial charge is 0.333 e. The fourth-order valence-corrected chi connectivity index (χ4v) is 2.16. The monoisotopic (exact) mass is 240 g/mol. The second kappa shape index (κ2) is 4.14.